The molecule has 0 spiro atoms. The van der Waals surface area contributed by atoms with Crippen LogP contribution in [-0.2, 0) is 14.9 Å². The Labute approximate surface area is 191 Å². The molecule has 1 amide bonds. The highest BCUT2D eigenvalue weighted by Gasteiger charge is 2.55. The largest absolute Gasteiger partial charge is 0.412 e. The van der Waals surface area contributed by atoms with E-state index in [0.29, 0.717) is 0 Å². The highest BCUT2D eigenvalue weighted by molar-refractivity contribution is 5.94. The first-order valence-corrected chi connectivity index (χ1v) is 10.5. The Balaban J connectivity index is 0.00000160. The van der Waals surface area contributed by atoms with Crippen LogP contribution in [0.3, 0.4) is 0 Å². The Hall–Kier alpha value is -1.96. The van der Waals surface area contributed by atoms with Crippen molar-refractivity contribution < 1.29 is 20.5 Å². The van der Waals surface area contributed by atoms with Crippen LogP contribution in [0, 0.1) is 5.92 Å². The van der Waals surface area contributed by atoms with Crippen LogP contribution in [0.25, 0.3) is 0 Å². The van der Waals surface area contributed by atoms with E-state index in [1.165, 1.54) is 0 Å². The summed E-state index contributed by atoms with van der Waals surface area (Å²) in [6.07, 6.45) is 1.01. The first-order valence-electron chi connectivity index (χ1n) is 10.5. The van der Waals surface area contributed by atoms with Crippen molar-refractivity contribution in [3.05, 3.63) is 71.8 Å². The number of hydrogen-bond donors (Lipinski definition) is 0. The van der Waals surface area contributed by atoms with Crippen molar-refractivity contribution in [1.29, 1.82) is 0 Å². The smallest absolute Gasteiger partial charge is 0.238 e. The van der Waals surface area contributed by atoms with Crippen LogP contribution in [-0.4, -0.2) is 72.6 Å². The minimum atomic E-state index is -0.592. The van der Waals surface area contributed by atoms with Gasteiger partial charge in [0.1, 0.15) is 5.41 Å². The molecule has 2 aliphatic heterocycles. The average Bonchev–Trinajstić information content (AvgIpc) is 3.06. The fraction of sp³-hybridized carbons (Fsp3) is 0.458. The van der Waals surface area contributed by atoms with E-state index >= 15 is 0 Å². The molecule has 2 heterocycles. The molecule has 0 aromatic heterocycles. The van der Waals surface area contributed by atoms with Gasteiger partial charge in [0.05, 0.1) is 13.2 Å². The van der Waals surface area contributed by atoms with E-state index in [2.05, 4.69) is 60.4 Å². The van der Waals surface area contributed by atoms with Gasteiger partial charge < -0.3 is 20.6 Å². The van der Waals surface area contributed by atoms with Gasteiger partial charge in [0.15, 0.2) is 0 Å². The first-order chi connectivity index (χ1) is 13.8. The van der Waals surface area contributed by atoms with Crippen molar-refractivity contribution in [3.8, 4) is 0 Å². The van der Waals surface area contributed by atoms with Gasteiger partial charge in [-0.1, -0.05) is 60.7 Å². The van der Waals surface area contributed by atoms with Crippen molar-refractivity contribution in [2.45, 2.75) is 18.8 Å². The molecule has 2 aromatic carbocycles. The van der Waals surface area contributed by atoms with Crippen LogP contribution >= 0.6 is 12.4 Å². The lowest BCUT2D eigenvalue weighted by atomic mass is 9.66. The van der Waals surface area contributed by atoms with Gasteiger partial charge in [0.2, 0.25) is 5.91 Å². The van der Waals surface area contributed by atoms with Gasteiger partial charge >= 0.3 is 0 Å². The molecule has 2 aromatic rings. The number of amides is 1. The zero-order valence-electron chi connectivity index (χ0n) is 18.1. The number of likely N-dealkylation sites (tertiary alicyclic amines) is 1. The molecular formula is C24H35ClN2O4. The number of benzene rings is 2. The molecule has 0 saturated carbocycles. The van der Waals surface area contributed by atoms with Crippen LogP contribution in [0.4, 0.5) is 0 Å². The topological polar surface area (TPSA) is 95.8 Å². The number of nitrogens with zero attached hydrogens (tertiary/aromatic N) is 2. The van der Waals surface area contributed by atoms with Crippen LogP contribution in [0.5, 0.6) is 0 Å². The second-order valence-electron chi connectivity index (χ2n) is 7.82. The standard InChI is InChI=1S/C24H30N2O2.ClH.2H2O/c1-2-26-19-22(13-14-25-15-17-28-18-16-25)24(23(26)27,20-9-5-3-6-10-20)21-11-7-4-8-12-21;;;/h3-12,22H,2,13-19H2,1H3;1H;2*1H2. The molecule has 7 heteroatoms. The maximum Gasteiger partial charge on any atom is 0.238 e. The van der Waals surface area contributed by atoms with Gasteiger partial charge in [-0.15, -0.1) is 12.4 Å². The molecule has 2 aliphatic rings. The minimum absolute atomic E-state index is 0. The second kappa shape index (κ2) is 12.2. The molecular weight excluding hydrogens is 416 g/mol. The van der Waals surface area contributed by atoms with Crippen molar-refractivity contribution >= 4 is 18.3 Å². The second-order valence-corrected chi connectivity index (χ2v) is 7.82. The monoisotopic (exact) mass is 450 g/mol. The van der Waals surface area contributed by atoms with Crippen molar-refractivity contribution in [3.63, 3.8) is 0 Å². The van der Waals surface area contributed by atoms with Crippen LogP contribution < -0.4 is 0 Å². The molecule has 1 unspecified atom stereocenters. The SMILES string of the molecule is CCN1CC(CCN2CCOCC2)C(c2ccccc2)(c2ccccc2)C1=O.Cl.O.O. The summed E-state index contributed by atoms with van der Waals surface area (Å²) in [7, 11) is 0. The molecule has 172 valence electrons. The fourth-order valence-electron chi connectivity index (χ4n) is 4.94. The molecule has 2 fully saturated rings. The number of ether oxygens (including phenoxy) is 1. The quantitative estimate of drug-likeness (QED) is 0.672. The summed E-state index contributed by atoms with van der Waals surface area (Å²) in [4.78, 5) is 18.3. The minimum Gasteiger partial charge on any atom is -0.412 e. The first kappa shape index (κ1) is 27.1. The Morgan fingerprint density at radius 2 is 1.45 bits per heavy atom. The van der Waals surface area contributed by atoms with Gasteiger partial charge in [-0.3, -0.25) is 9.69 Å². The molecule has 1 atom stereocenters. The summed E-state index contributed by atoms with van der Waals surface area (Å²) in [5.41, 5.74) is 1.65. The summed E-state index contributed by atoms with van der Waals surface area (Å²) >= 11 is 0. The van der Waals surface area contributed by atoms with Gasteiger partial charge in [-0.2, -0.15) is 0 Å². The average molecular weight is 451 g/mol. The normalized spacial score (nSPS) is 20.4. The maximum atomic E-state index is 13.8. The number of carbonyl (C=O) groups is 1. The maximum absolute atomic E-state index is 13.8. The Bertz CT molecular complexity index is 745. The van der Waals surface area contributed by atoms with E-state index in [4.69, 9.17) is 4.74 Å². The summed E-state index contributed by atoms with van der Waals surface area (Å²) < 4.78 is 5.50. The van der Waals surface area contributed by atoms with E-state index in [9.17, 15) is 4.79 Å². The van der Waals surface area contributed by atoms with Crippen molar-refractivity contribution in [2.75, 3.05) is 45.9 Å². The van der Waals surface area contributed by atoms with Gasteiger partial charge in [0.25, 0.3) is 0 Å². The molecule has 2 saturated heterocycles. The van der Waals surface area contributed by atoms with Crippen LogP contribution in [0.2, 0.25) is 0 Å². The molecule has 4 rings (SSSR count). The van der Waals surface area contributed by atoms with Crippen LogP contribution in [0.1, 0.15) is 24.5 Å². The lowest BCUT2D eigenvalue weighted by Crippen LogP contribution is -2.43. The fourth-order valence-corrected chi connectivity index (χ4v) is 4.94. The predicted molar refractivity (Wildman–Crippen MR) is 126 cm³/mol. The number of halogens is 1. The Kier molecular flexibility index (Phi) is 10.6. The van der Waals surface area contributed by atoms with Crippen molar-refractivity contribution in [1.82, 2.24) is 9.80 Å². The van der Waals surface area contributed by atoms with Gasteiger partial charge in [0, 0.05) is 32.1 Å². The summed E-state index contributed by atoms with van der Waals surface area (Å²) in [5.74, 6) is 0.506. The number of rotatable bonds is 6. The molecule has 4 N–H and O–H groups in total. The van der Waals surface area contributed by atoms with Gasteiger partial charge in [-0.25, -0.2) is 0 Å². The van der Waals surface area contributed by atoms with Crippen molar-refractivity contribution in [2.24, 2.45) is 5.92 Å². The molecule has 0 bridgehead atoms. The van der Waals surface area contributed by atoms with E-state index in [0.717, 1.165) is 63.5 Å². The Morgan fingerprint density at radius 3 is 1.94 bits per heavy atom. The molecule has 0 radical (unpaired) electrons. The van der Waals surface area contributed by atoms with Crippen LogP contribution in [0.15, 0.2) is 60.7 Å². The zero-order valence-corrected chi connectivity index (χ0v) is 18.9. The highest BCUT2D eigenvalue weighted by atomic mass is 35.5. The number of likely N-dealkylation sites (N-methyl/N-ethyl adjacent to an activating group) is 1. The predicted octanol–water partition coefficient (Wildman–Crippen LogP) is 1.95. The highest BCUT2D eigenvalue weighted by Crippen LogP contribution is 2.47. The summed E-state index contributed by atoms with van der Waals surface area (Å²) in [5, 5.41) is 0. The summed E-state index contributed by atoms with van der Waals surface area (Å²) in [6.45, 7) is 8.28. The number of morpholine rings is 1. The Morgan fingerprint density at radius 1 is 0.935 bits per heavy atom. The molecule has 31 heavy (non-hydrogen) atoms. The number of hydrogen-bond acceptors (Lipinski definition) is 3. The number of carbonyl (C=O) groups excluding carboxylic acids is 1. The van der Waals surface area contributed by atoms with E-state index in [1.807, 2.05) is 17.0 Å². The third-order valence-corrected chi connectivity index (χ3v) is 6.42. The lowest BCUT2D eigenvalue weighted by molar-refractivity contribution is -0.131. The van der Waals surface area contributed by atoms with E-state index < -0.39 is 5.41 Å². The third-order valence-electron chi connectivity index (χ3n) is 6.42. The lowest BCUT2D eigenvalue weighted by Gasteiger charge is -2.36. The molecule has 0 aliphatic carbocycles. The van der Waals surface area contributed by atoms with E-state index in [-0.39, 0.29) is 35.2 Å². The third kappa shape index (κ3) is 5.10. The van der Waals surface area contributed by atoms with E-state index in [1.54, 1.807) is 0 Å². The molecule has 6 nitrogen and oxygen atoms in total. The zero-order chi connectivity index (χ0) is 19.4. The van der Waals surface area contributed by atoms with Gasteiger partial charge in [-0.05, 0) is 31.0 Å². The summed E-state index contributed by atoms with van der Waals surface area (Å²) in [6, 6.07) is 20.8.